The van der Waals surface area contributed by atoms with Gasteiger partial charge in [-0.25, -0.2) is 4.79 Å². The van der Waals surface area contributed by atoms with E-state index < -0.39 is 11.8 Å². The van der Waals surface area contributed by atoms with Crippen LogP contribution in [0.1, 0.15) is 51.9 Å². The van der Waals surface area contributed by atoms with E-state index in [4.69, 9.17) is 9.47 Å². The third-order valence-electron chi connectivity index (χ3n) is 3.03. The monoisotopic (exact) mass is 230 g/mol. The minimum absolute atomic E-state index is 0.145. The van der Waals surface area contributed by atoms with Gasteiger partial charge in [-0.15, -0.1) is 0 Å². The molecule has 4 heteroatoms. The number of hydrogen-bond acceptors (Lipinski definition) is 4. The van der Waals surface area contributed by atoms with Crippen molar-refractivity contribution in [3.63, 3.8) is 0 Å². The maximum absolute atomic E-state index is 10.8. The second kappa shape index (κ2) is 6.74. The largest absolute Gasteiger partial charge is 0.509 e. The first-order chi connectivity index (χ1) is 7.72. The van der Waals surface area contributed by atoms with Crippen molar-refractivity contribution in [1.82, 2.24) is 0 Å². The van der Waals surface area contributed by atoms with Gasteiger partial charge in [-0.3, -0.25) is 0 Å². The first-order valence-corrected chi connectivity index (χ1v) is 6.19. The smallest absolute Gasteiger partial charge is 0.430 e. The van der Waals surface area contributed by atoms with E-state index in [2.05, 4.69) is 6.92 Å². The van der Waals surface area contributed by atoms with E-state index in [1.807, 2.05) is 0 Å². The second-order valence-electron chi connectivity index (χ2n) is 4.50. The molecule has 16 heavy (non-hydrogen) atoms. The molecule has 0 saturated carbocycles. The minimum atomic E-state index is -0.762. The number of unbranched alkanes of at least 4 members (excludes halogenated alkanes) is 5. The Morgan fingerprint density at radius 2 is 1.94 bits per heavy atom. The van der Waals surface area contributed by atoms with Crippen LogP contribution in [0, 0.1) is 0 Å². The van der Waals surface area contributed by atoms with Gasteiger partial charge in [0, 0.05) is 0 Å². The Hall–Kier alpha value is -0.770. The summed E-state index contributed by atoms with van der Waals surface area (Å²) in [5.41, 5.74) is -0.762. The molecule has 0 amide bonds. The average molecular weight is 230 g/mol. The number of aliphatic hydroxyl groups is 1. The van der Waals surface area contributed by atoms with E-state index in [-0.39, 0.29) is 13.2 Å². The number of cyclic esters (lactones) is 2. The van der Waals surface area contributed by atoms with Crippen molar-refractivity contribution in [2.24, 2.45) is 0 Å². The summed E-state index contributed by atoms with van der Waals surface area (Å²) in [5, 5.41) is 9.22. The molecule has 1 fully saturated rings. The van der Waals surface area contributed by atoms with Crippen LogP contribution in [0.3, 0.4) is 0 Å². The van der Waals surface area contributed by atoms with Crippen molar-refractivity contribution in [3.8, 4) is 0 Å². The zero-order chi connectivity index (χ0) is 11.9. The first-order valence-electron chi connectivity index (χ1n) is 6.19. The zero-order valence-electron chi connectivity index (χ0n) is 10.0. The van der Waals surface area contributed by atoms with Crippen LogP contribution in [0.25, 0.3) is 0 Å². The van der Waals surface area contributed by atoms with Crippen molar-refractivity contribution < 1.29 is 19.4 Å². The highest BCUT2D eigenvalue weighted by Gasteiger charge is 2.41. The molecule has 0 aromatic heterocycles. The molecule has 0 spiro atoms. The Bertz CT molecular complexity index is 217. The van der Waals surface area contributed by atoms with E-state index >= 15 is 0 Å². The summed E-state index contributed by atoms with van der Waals surface area (Å²) in [7, 11) is 0. The Morgan fingerprint density at radius 3 is 2.50 bits per heavy atom. The molecule has 94 valence electrons. The van der Waals surface area contributed by atoms with Gasteiger partial charge in [0.1, 0.15) is 6.61 Å². The topological polar surface area (TPSA) is 55.8 Å². The lowest BCUT2D eigenvalue weighted by atomic mass is 9.97. The second-order valence-corrected chi connectivity index (χ2v) is 4.50. The molecule has 1 heterocycles. The number of hydrogen-bond donors (Lipinski definition) is 1. The van der Waals surface area contributed by atoms with E-state index in [1.165, 1.54) is 25.7 Å². The summed E-state index contributed by atoms with van der Waals surface area (Å²) in [4.78, 5) is 10.8. The number of rotatable bonds is 8. The van der Waals surface area contributed by atoms with Gasteiger partial charge in [-0.1, -0.05) is 39.0 Å². The van der Waals surface area contributed by atoms with Gasteiger partial charge in [0.2, 0.25) is 0 Å². The summed E-state index contributed by atoms with van der Waals surface area (Å²) < 4.78 is 9.75. The SMILES string of the molecule is CCCCCCCCC1(CO)COC(=O)O1. The van der Waals surface area contributed by atoms with Crippen LogP contribution >= 0.6 is 0 Å². The first kappa shape index (κ1) is 13.3. The number of aliphatic hydroxyl groups excluding tert-OH is 1. The summed E-state index contributed by atoms with van der Waals surface area (Å²) in [6.45, 7) is 2.24. The standard InChI is InChI=1S/C12H22O4/c1-2-3-4-5-6-7-8-12(9-13)10-15-11(14)16-12/h13H,2-10H2,1H3. The fourth-order valence-electron chi connectivity index (χ4n) is 1.93. The highest BCUT2D eigenvalue weighted by Crippen LogP contribution is 2.26. The molecule has 0 bridgehead atoms. The Balaban J connectivity index is 2.12. The van der Waals surface area contributed by atoms with Crippen molar-refractivity contribution in [2.75, 3.05) is 13.2 Å². The average Bonchev–Trinajstić information content (AvgIpc) is 2.66. The molecule has 1 N–H and O–H groups in total. The fraction of sp³-hybridized carbons (Fsp3) is 0.917. The fourth-order valence-corrected chi connectivity index (χ4v) is 1.93. The van der Waals surface area contributed by atoms with Gasteiger partial charge in [0.05, 0.1) is 6.61 Å². The number of carbonyl (C=O) groups is 1. The summed E-state index contributed by atoms with van der Waals surface area (Å²) >= 11 is 0. The normalized spacial score (nSPS) is 24.2. The van der Waals surface area contributed by atoms with Gasteiger partial charge in [-0.05, 0) is 12.8 Å². The predicted octanol–water partition coefficient (Wildman–Crippen LogP) is 2.63. The molecule has 1 aliphatic heterocycles. The van der Waals surface area contributed by atoms with Gasteiger partial charge >= 0.3 is 6.16 Å². The van der Waals surface area contributed by atoms with Crippen molar-refractivity contribution in [3.05, 3.63) is 0 Å². The van der Waals surface area contributed by atoms with Gasteiger partial charge < -0.3 is 14.6 Å². The van der Waals surface area contributed by atoms with E-state index in [1.54, 1.807) is 0 Å². The molecular weight excluding hydrogens is 208 g/mol. The van der Waals surface area contributed by atoms with Crippen molar-refractivity contribution in [1.29, 1.82) is 0 Å². The molecule has 1 saturated heterocycles. The highest BCUT2D eigenvalue weighted by atomic mass is 16.8. The van der Waals surface area contributed by atoms with E-state index in [0.29, 0.717) is 6.42 Å². The molecular formula is C12H22O4. The third-order valence-corrected chi connectivity index (χ3v) is 3.03. The van der Waals surface area contributed by atoms with Gasteiger partial charge in [0.15, 0.2) is 5.60 Å². The molecule has 0 aliphatic carbocycles. The Kier molecular flexibility index (Phi) is 5.60. The van der Waals surface area contributed by atoms with Crippen LogP contribution < -0.4 is 0 Å². The third kappa shape index (κ3) is 4.00. The summed E-state index contributed by atoms with van der Waals surface area (Å²) in [5.74, 6) is 0. The Labute approximate surface area is 96.9 Å². The van der Waals surface area contributed by atoms with Crippen LogP contribution in [0.2, 0.25) is 0 Å². The minimum Gasteiger partial charge on any atom is -0.430 e. The van der Waals surface area contributed by atoms with Crippen molar-refractivity contribution >= 4 is 6.16 Å². The summed E-state index contributed by atoms with van der Waals surface area (Å²) in [6, 6.07) is 0. The van der Waals surface area contributed by atoms with Crippen LogP contribution in [0.4, 0.5) is 4.79 Å². The zero-order valence-corrected chi connectivity index (χ0v) is 10.0. The van der Waals surface area contributed by atoms with Crippen LogP contribution in [0.15, 0.2) is 0 Å². The molecule has 1 unspecified atom stereocenters. The molecule has 1 aliphatic rings. The van der Waals surface area contributed by atoms with Crippen LogP contribution in [-0.2, 0) is 9.47 Å². The lowest BCUT2D eigenvalue weighted by molar-refractivity contribution is -0.00111. The lowest BCUT2D eigenvalue weighted by Gasteiger charge is -2.21. The van der Waals surface area contributed by atoms with Crippen LogP contribution in [-0.4, -0.2) is 30.1 Å². The molecule has 0 aromatic rings. The molecule has 4 nitrogen and oxygen atoms in total. The molecule has 0 radical (unpaired) electrons. The summed E-state index contributed by atoms with van der Waals surface area (Å²) in [6.07, 6.45) is 7.14. The maximum atomic E-state index is 10.8. The lowest BCUT2D eigenvalue weighted by Crippen LogP contribution is -2.36. The highest BCUT2D eigenvalue weighted by molar-refractivity contribution is 5.62. The predicted molar refractivity (Wildman–Crippen MR) is 60.2 cm³/mol. The molecule has 1 rings (SSSR count). The quantitative estimate of drug-likeness (QED) is 0.514. The Morgan fingerprint density at radius 1 is 1.25 bits per heavy atom. The molecule has 0 aromatic carbocycles. The number of ether oxygens (including phenoxy) is 2. The number of carbonyl (C=O) groups excluding carboxylic acids is 1. The van der Waals surface area contributed by atoms with E-state index in [9.17, 15) is 9.90 Å². The van der Waals surface area contributed by atoms with Gasteiger partial charge in [-0.2, -0.15) is 0 Å². The van der Waals surface area contributed by atoms with Crippen molar-refractivity contribution in [2.45, 2.75) is 57.5 Å². The maximum Gasteiger partial charge on any atom is 0.509 e. The van der Waals surface area contributed by atoms with Gasteiger partial charge in [0.25, 0.3) is 0 Å². The van der Waals surface area contributed by atoms with E-state index in [0.717, 1.165) is 12.8 Å². The van der Waals surface area contributed by atoms with Crippen LogP contribution in [0.5, 0.6) is 0 Å². The molecule has 1 atom stereocenters.